The van der Waals surface area contributed by atoms with Crippen molar-refractivity contribution in [2.24, 2.45) is 0 Å². The monoisotopic (exact) mass is 452 g/mol. The van der Waals surface area contributed by atoms with Crippen molar-refractivity contribution in [3.63, 3.8) is 0 Å². The van der Waals surface area contributed by atoms with Crippen LogP contribution in [0.25, 0.3) is 22.8 Å². The number of carbonyl (C=O) groups is 1. The molecule has 3 aromatic carbocycles. The minimum absolute atomic E-state index is 0.156. The fraction of sp³-hybridized carbons (Fsp3) is 0.148. The Balaban J connectivity index is 1.38. The van der Waals surface area contributed by atoms with Crippen LogP contribution in [0.1, 0.15) is 23.1 Å². The van der Waals surface area contributed by atoms with E-state index in [2.05, 4.69) is 15.1 Å². The molecular formula is C27H24N4O3. The van der Waals surface area contributed by atoms with Crippen LogP contribution in [0.4, 0.5) is 5.69 Å². The largest absolute Gasteiger partial charge is 0.505 e. The number of fused-ring (bicyclic) bond motifs is 1. The highest BCUT2D eigenvalue weighted by Gasteiger charge is 2.16. The lowest BCUT2D eigenvalue weighted by Crippen LogP contribution is -2.17. The molecule has 0 fully saturated rings. The van der Waals surface area contributed by atoms with Crippen molar-refractivity contribution in [2.45, 2.75) is 19.9 Å². The SMILES string of the molecule is Cc1cc(CN(C)c2ccc(/C=C3\CC=COC3=O)cc2)c(O)c(-n2nc3ccccc3n2)c1. The average Bonchev–Trinajstić information content (AvgIpc) is 3.27. The van der Waals surface area contributed by atoms with Crippen molar-refractivity contribution in [2.75, 3.05) is 11.9 Å². The van der Waals surface area contributed by atoms with Gasteiger partial charge in [0.25, 0.3) is 0 Å². The number of phenolic OH excluding ortho intramolecular Hbond substituents is 1. The first-order valence-corrected chi connectivity index (χ1v) is 11.0. The Kier molecular flexibility index (Phi) is 5.59. The molecule has 0 saturated carbocycles. The molecule has 170 valence electrons. The van der Waals surface area contributed by atoms with Gasteiger partial charge in [0.2, 0.25) is 0 Å². The zero-order valence-corrected chi connectivity index (χ0v) is 19.0. The average molecular weight is 453 g/mol. The number of aryl methyl sites for hydroxylation is 1. The highest BCUT2D eigenvalue weighted by atomic mass is 16.5. The Hall–Kier alpha value is -4.39. The van der Waals surface area contributed by atoms with Crippen LogP contribution < -0.4 is 4.90 Å². The van der Waals surface area contributed by atoms with Gasteiger partial charge in [-0.15, -0.1) is 15.0 Å². The molecule has 0 bridgehead atoms. The number of aromatic nitrogens is 3. The molecule has 0 spiro atoms. The summed E-state index contributed by atoms with van der Waals surface area (Å²) in [6, 6.07) is 19.4. The number of ether oxygens (including phenoxy) is 1. The molecule has 7 nitrogen and oxygen atoms in total. The maximum absolute atomic E-state index is 11.8. The van der Waals surface area contributed by atoms with Gasteiger partial charge in [-0.3, -0.25) is 0 Å². The van der Waals surface area contributed by atoms with Crippen LogP contribution in [0, 0.1) is 6.92 Å². The number of phenols is 1. The Morgan fingerprint density at radius 2 is 1.79 bits per heavy atom. The number of carbonyl (C=O) groups excluding carboxylic acids is 1. The number of anilines is 1. The Labute approximate surface area is 197 Å². The van der Waals surface area contributed by atoms with Gasteiger partial charge in [0, 0.05) is 36.8 Å². The maximum Gasteiger partial charge on any atom is 0.339 e. The fourth-order valence-electron chi connectivity index (χ4n) is 4.01. The molecule has 1 aliphatic heterocycles. The van der Waals surface area contributed by atoms with Crippen LogP contribution in [0.3, 0.4) is 0 Å². The van der Waals surface area contributed by atoms with Gasteiger partial charge in [-0.25, -0.2) is 4.79 Å². The number of benzene rings is 3. The van der Waals surface area contributed by atoms with E-state index in [4.69, 9.17) is 4.74 Å². The number of nitrogens with zero attached hydrogens (tertiary/aromatic N) is 4. The van der Waals surface area contributed by atoms with E-state index in [1.54, 1.807) is 0 Å². The standard InChI is InChI=1S/C27H24N4O3/c1-18-14-21(26(32)25(15-18)31-28-23-7-3-4-8-24(23)29-31)17-30(2)22-11-9-19(10-12-22)16-20-6-5-13-34-27(20)33/h3-5,7-16,32H,6,17H2,1-2H3/b20-16+. The van der Waals surface area contributed by atoms with Crippen molar-refractivity contribution < 1.29 is 14.6 Å². The predicted molar refractivity (Wildman–Crippen MR) is 132 cm³/mol. The van der Waals surface area contributed by atoms with Crippen molar-refractivity contribution in [1.82, 2.24) is 15.0 Å². The van der Waals surface area contributed by atoms with Crippen molar-refractivity contribution in [1.29, 1.82) is 0 Å². The van der Waals surface area contributed by atoms with Crippen LogP contribution in [-0.4, -0.2) is 33.1 Å². The van der Waals surface area contributed by atoms with Gasteiger partial charge in [0.05, 0.1) is 6.26 Å². The van der Waals surface area contributed by atoms with Crippen molar-refractivity contribution in [3.05, 3.63) is 95.3 Å². The number of hydrogen-bond acceptors (Lipinski definition) is 6. The number of aromatic hydroxyl groups is 1. The van der Waals surface area contributed by atoms with Gasteiger partial charge >= 0.3 is 5.97 Å². The first-order valence-electron chi connectivity index (χ1n) is 11.0. The maximum atomic E-state index is 11.8. The van der Waals surface area contributed by atoms with E-state index in [1.165, 1.54) is 11.1 Å². The van der Waals surface area contributed by atoms with E-state index in [0.717, 1.165) is 33.4 Å². The first kappa shape index (κ1) is 21.5. The van der Waals surface area contributed by atoms with E-state index in [0.29, 0.717) is 24.2 Å². The molecule has 1 aromatic heterocycles. The van der Waals surface area contributed by atoms with Crippen LogP contribution in [0.5, 0.6) is 5.75 Å². The smallest absolute Gasteiger partial charge is 0.339 e. The second kappa shape index (κ2) is 8.86. The number of hydrogen-bond donors (Lipinski definition) is 1. The minimum atomic E-state index is -0.311. The first-order chi connectivity index (χ1) is 16.5. The number of rotatable bonds is 5. The van der Waals surface area contributed by atoms with Gasteiger partial charge in [-0.05, 0) is 60.5 Å². The quantitative estimate of drug-likeness (QED) is 0.342. The molecule has 0 atom stereocenters. The summed E-state index contributed by atoms with van der Waals surface area (Å²) in [7, 11) is 1.97. The summed E-state index contributed by atoms with van der Waals surface area (Å²) in [6.07, 6.45) is 5.65. The van der Waals surface area contributed by atoms with Gasteiger partial charge in [-0.1, -0.05) is 30.3 Å². The Morgan fingerprint density at radius 1 is 1.09 bits per heavy atom. The lowest BCUT2D eigenvalue weighted by molar-refractivity contribution is -0.134. The second-order valence-electron chi connectivity index (χ2n) is 8.37. The van der Waals surface area contributed by atoms with E-state index in [-0.39, 0.29) is 11.7 Å². The summed E-state index contributed by atoms with van der Waals surface area (Å²) in [6.45, 7) is 2.49. The summed E-state index contributed by atoms with van der Waals surface area (Å²) in [5.41, 5.74) is 6.42. The van der Waals surface area contributed by atoms with Gasteiger partial charge < -0.3 is 14.7 Å². The summed E-state index contributed by atoms with van der Waals surface area (Å²) >= 11 is 0. The molecule has 4 aromatic rings. The summed E-state index contributed by atoms with van der Waals surface area (Å²) < 4.78 is 4.94. The molecule has 0 aliphatic carbocycles. The Morgan fingerprint density at radius 3 is 2.47 bits per heavy atom. The van der Waals surface area contributed by atoms with Gasteiger partial charge in [0.15, 0.2) is 0 Å². The molecule has 1 aliphatic rings. The minimum Gasteiger partial charge on any atom is -0.505 e. The number of cyclic esters (lactones) is 1. The van der Waals surface area contributed by atoms with Crippen LogP contribution >= 0.6 is 0 Å². The number of allylic oxidation sites excluding steroid dienone is 1. The third-order valence-corrected chi connectivity index (χ3v) is 5.77. The van der Waals surface area contributed by atoms with E-state index in [9.17, 15) is 9.90 Å². The zero-order chi connectivity index (χ0) is 23.7. The molecule has 1 N–H and O–H groups in total. The summed E-state index contributed by atoms with van der Waals surface area (Å²) in [5.74, 6) is -0.156. The van der Waals surface area contributed by atoms with E-state index in [1.807, 2.05) is 86.8 Å². The molecule has 0 saturated heterocycles. The molecule has 34 heavy (non-hydrogen) atoms. The molecule has 0 amide bonds. The third kappa shape index (κ3) is 4.28. The predicted octanol–water partition coefficient (Wildman–Crippen LogP) is 4.91. The topological polar surface area (TPSA) is 80.5 Å². The normalized spacial score (nSPS) is 14.5. The Bertz CT molecular complexity index is 1400. The lowest BCUT2D eigenvalue weighted by Gasteiger charge is -2.21. The highest BCUT2D eigenvalue weighted by Crippen LogP contribution is 2.30. The van der Waals surface area contributed by atoms with E-state index < -0.39 is 0 Å². The van der Waals surface area contributed by atoms with Crippen molar-refractivity contribution >= 4 is 28.8 Å². The molecule has 0 radical (unpaired) electrons. The van der Waals surface area contributed by atoms with Crippen molar-refractivity contribution in [3.8, 4) is 11.4 Å². The molecule has 7 heteroatoms. The number of esters is 1. The molecular weight excluding hydrogens is 428 g/mol. The zero-order valence-electron chi connectivity index (χ0n) is 19.0. The summed E-state index contributed by atoms with van der Waals surface area (Å²) in [4.78, 5) is 15.4. The third-order valence-electron chi connectivity index (χ3n) is 5.77. The van der Waals surface area contributed by atoms with Crippen LogP contribution in [-0.2, 0) is 16.1 Å². The molecule has 0 unspecified atom stereocenters. The van der Waals surface area contributed by atoms with E-state index >= 15 is 0 Å². The molecule has 2 heterocycles. The summed E-state index contributed by atoms with van der Waals surface area (Å²) in [5, 5.41) is 20.1. The second-order valence-corrected chi connectivity index (χ2v) is 8.37. The van der Waals surface area contributed by atoms with Crippen LogP contribution in [0.15, 0.2) is 78.6 Å². The fourth-order valence-corrected chi connectivity index (χ4v) is 4.01. The molecule has 5 rings (SSSR count). The van der Waals surface area contributed by atoms with Gasteiger partial charge in [-0.2, -0.15) is 0 Å². The van der Waals surface area contributed by atoms with Crippen LogP contribution in [0.2, 0.25) is 0 Å². The van der Waals surface area contributed by atoms with Gasteiger partial charge in [0.1, 0.15) is 22.5 Å². The lowest BCUT2D eigenvalue weighted by atomic mass is 10.1. The highest BCUT2D eigenvalue weighted by molar-refractivity contribution is 5.95.